The van der Waals surface area contributed by atoms with Crippen LogP contribution >= 0.6 is 17.0 Å². The van der Waals surface area contributed by atoms with Gasteiger partial charge in [0.2, 0.25) is 0 Å². The average Bonchev–Trinajstić information content (AvgIpc) is 2.74. The fourth-order valence-electron chi connectivity index (χ4n) is 5.54. The third-order valence-electron chi connectivity index (χ3n) is 6.66. The van der Waals surface area contributed by atoms with E-state index in [4.69, 9.17) is 0 Å². The second-order valence-electron chi connectivity index (χ2n) is 7.44. The number of rotatable bonds is 0. The summed E-state index contributed by atoms with van der Waals surface area (Å²) in [6.45, 7) is 2.32. The van der Waals surface area contributed by atoms with Gasteiger partial charge in [0.1, 0.15) is 5.75 Å². The van der Waals surface area contributed by atoms with Crippen LogP contribution in [0, 0.1) is 17.3 Å². The van der Waals surface area contributed by atoms with Crippen LogP contribution in [0.4, 0.5) is 0 Å². The first-order valence-corrected chi connectivity index (χ1v) is 8.09. The molecule has 0 heterocycles. The van der Waals surface area contributed by atoms with Gasteiger partial charge in [-0.3, -0.25) is 0 Å². The van der Waals surface area contributed by atoms with Gasteiger partial charge in [0, 0.05) is 0 Å². The Morgan fingerprint density at radius 3 is 2.76 bits per heavy atom. The van der Waals surface area contributed by atoms with Crippen molar-refractivity contribution in [3.05, 3.63) is 29.3 Å². The van der Waals surface area contributed by atoms with Gasteiger partial charge in [-0.05, 0) is 85.0 Å². The van der Waals surface area contributed by atoms with E-state index in [1.165, 1.54) is 30.4 Å². The zero-order valence-electron chi connectivity index (χ0n) is 12.6. The number of phenolic OH excluding ortho intramolecular Hbond substituents is 1. The maximum absolute atomic E-state index is 10.4. The van der Waals surface area contributed by atoms with Gasteiger partial charge < -0.3 is 10.2 Å². The summed E-state index contributed by atoms with van der Waals surface area (Å²) >= 11 is 0. The van der Waals surface area contributed by atoms with Gasteiger partial charge in [-0.25, -0.2) is 0 Å². The van der Waals surface area contributed by atoms with Crippen molar-refractivity contribution >= 4 is 17.0 Å². The van der Waals surface area contributed by atoms with E-state index in [1.807, 2.05) is 12.1 Å². The Kier molecular flexibility index (Phi) is 3.86. The summed E-state index contributed by atoms with van der Waals surface area (Å²) in [5.41, 5.74) is 2.99. The Hall–Kier alpha value is -0.540. The number of hydrogen-bond donors (Lipinski definition) is 2. The van der Waals surface area contributed by atoms with E-state index in [1.54, 1.807) is 0 Å². The molecule has 116 valence electrons. The van der Waals surface area contributed by atoms with Gasteiger partial charge >= 0.3 is 0 Å². The molecule has 2 nitrogen and oxygen atoms in total. The van der Waals surface area contributed by atoms with Gasteiger partial charge in [0.25, 0.3) is 0 Å². The van der Waals surface area contributed by atoms with Crippen molar-refractivity contribution in [2.45, 2.75) is 57.5 Å². The van der Waals surface area contributed by atoms with Crippen LogP contribution in [-0.4, -0.2) is 16.3 Å². The third kappa shape index (κ3) is 2.16. The van der Waals surface area contributed by atoms with E-state index >= 15 is 0 Å². The molecule has 2 fully saturated rings. The minimum Gasteiger partial charge on any atom is -0.508 e. The van der Waals surface area contributed by atoms with Crippen LogP contribution in [-0.2, 0) is 6.42 Å². The van der Waals surface area contributed by atoms with Crippen LogP contribution in [0.15, 0.2) is 18.2 Å². The van der Waals surface area contributed by atoms with Crippen molar-refractivity contribution in [3.8, 4) is 5.75 Å². The molecule has 1 aromatic rings. The summed E-state index contributed by atoms with van der Waals surface area (Å²) in [5, 5.41) is 20.0. The largest absolute Gasteiger partial charge is 0.508 e. The molecule has 4 rings (SSSR count). The second-order valence-corrected chi connectivity index (χ2v) is 7.44. The molecule has 3 heteroatoms. The molecule has 3 aliphatic rings. The minimum atomic E-state index is -0.0883. The van der Waals surface area contributed by atoms with Crippen LogP contribution in [0.25, 0.3) is 0 Å². The number of fused-ring (bicyclic) bond motifs is 5. The summed E-state index contributed by atoms with van der Waals surface area (Å²) in [6.07, 6.45) is 6.78. The van der Waals surface area contributed by atoms with E-state index in [2.05, 4.69) is 13.0 Å². The second kappa shape index (κ2) is 5.27. The van der Waals surface area contributed by atoms with E-state index in [0.717, 1.165) is 25.2 Å². The molecule has 3 aliphatic carbocycles. The Labute approximate surface area is 137 Å². The van der Waals surface area contributed by atoms with Crippen molar-refractivity contribution in [1.29, 1.82) is 0 Å². The smallest absolute Gasteiger partial charge is 0.115 e. The molecule has 0 unspecified atom stereocenters. The average molecular weight is 353 g/mol. The fraction of sp³-hybridized carbons (Fsp3) is 0.667. The number of aliphatic hydroxyl groups is 1. The molecule has 0 aromatic heterocycles. The number of phenols is 1. The van der Waals surface area contributed by atoms with Gasteiger partial charge in [-0.15, -0.1) is 17.0 Å². The number of aromatic hydroxyl groups is 1. The molecule has 0 amide bonds. The Morgan fingerprint density at radius 1 is 1.14 bits per heavy atom. The molecule has 0 bridgehead atoms. The van der Waals surface area contributed by atoms with E-state index in [9.17, 15) is 10.2 Å². The summed E-state index contributed by atoms with van der Waals surface area (Å²) in [7, 11) is 0. The Balaban J connectivity index is 0.00000132. The number of hydrogen-bond acceptors (Lipinski definition) is 2. The predicted molar refractivity (Wildman–Crippen MR) is 89.1 cm³/mol. The maximum Gasteiger partial charge on any atom is 0.115 e. The standard InChI is InChI=1S/C18H24O2.BrH/c1-18-9-8-14-13-5-3-12(19)10-11(13)2-4-15(14)16(18)6-7-17(18)20;/h3,5,10,14-17,19-20H,2,4,6-9H2,1H3;1H/t14-,15-,16+,17+,18+;/m1./s1. The normalized spacial score (nSPS) is 40.7. The molecular weight excluding hydrogens is 328 g/mol. The fourth-order valence-corrected chi connectivity index (χ4v) is 5.54. The van der Waals surface area contributed by atoms with Crippen molar-refractivity contribution in [2.75, 3.05) is 0 Å². The molecule has 2 N–H and O–H groups in total. The molecule has 2 saturated carbocycles. The molecule has 0 spiro atoms. The number of aliphatic hydroxyl groups excluding tert-OH is 1. The topological polar surface area (TPSA) is 40.5 Å². The molecule has 0 aliphatic heterocycles. The van der Waals surface area contributed by atoms with Crippen LogP contribution in [0.3, 0.4) is 0 Å². The monoisotopic (exact) mass is 352 g/mol. The zero-order chi connectivity index (χ0) is 13.9. The third-order valence-corrected chi connectivity index (χ3v) is 6.66. The summed E-state index contributed by atoms with van der Waals surface area (Å²) in [5.74, 6) is 2.49. The molecule has 1 aromatic carbocycles. The highest BCUT2D eigenvalue weighted by Gasteiger charge is 2.54. The lowest BCUT2D eigenvalue weighted by Crippen LogP contribution is -2.43. The lowest BCUT2D eigenvalue weighted by atomic mass is 9.55. The lowest BCUT2D eigenvalue weighted by Gasteiger charge is -2.50. The predicted octanol–water partition coefficient (Wildman–Crippen LogP) is 4.19. The quantitative estimate of drug-likeness (QED) is 0.734. The van der Waals surface area contributed by atoms with Gasteiger partial charge in [-0.2, -0.15) is 0 Å². The maximum atomic E-state index is 10.4. The molecule has 5 atom stereocenters. The first kappa shape index (κ1) is 15.4. The number of aryl methyl sites for hydroxylation is 1. The van der Waals surface area contributed by atoms with Crippen LogP contribution in [0.1, 0.15) is 56.1 Å². The Morgan fingerprint density at radius 2 is 1.95 bits per heavy atom. The first-order chi connectivity index (χ1) is 9.59. The van der Waals surface area contributed by atoms with Gasteiger partial charge in [0.05, 0.1) is 6.10 Å². The SMILES string of the molecule is Br.C[C@]12CC[C@@H]3c4ccc(O)cc4CC[C@H]3[C@@H]1CC[C@@H]2O. The minimum absolute atomic E-state index is 0. The molecule has 0 saturated heterocycles. The highest BCUT2D eigenvalue weighted by atomic mass is 79.9. The molecular formula is C18H25BrO2. The summed E-state index contributed by atoms with van der Waals surface area (Å²) in [6, 6.07) is 5.96. The lowest BCUT2D eigenvalue weighted by molar-refractivity contribution is -0.0226. The van der Waals surface area contributed by atoms with E-state index in [-0.39, 0.29) is 28.5 Å². The molecule has 0 radical (unpaired) electrons. The molecule has 21 heavy (non-hydrogen) atoms. The highest BCUT2D eigenvalue weighted by molar-refractivity contribution is 8.93. The van der Waals surface area contributed by atoms with Crippen molar-refractivity contribution in [1.82, 2.24) is 0 Å². The number of halogens is 1. The van der Waals surface area contributed by atoms with Crippen molar-refractivity contribution in [3.63, 3.8) is 0 Å². The van der Waals surface area contributed by atoms with Crippen LogP contribution in [0.5, 0.6) is 5.75 Å². The van der Waals surface area contributed by atoms with Crippen molar-refractivity contribution < 1.29 is 10.2 Å². The van der Waals surface area contributed by atoms with E-state index < -0.39 is 0 Å². The van der Waals surface area contributed by atoms with E-state index in [0.29, 0.717) is 17.6 Å². The summed E-state index contributed by atoms with van der Waals surface area (Å²) < 4.78 is 0. The van der Waals surface area contributed by atoms with Crippen LogP contribution < -0.4 is 0 Å². The number of benzene rings is 1. The zero-order valence-corrected chi connectivity index (χ0v) is 14.3. The van der Waals surface area contributed by atoms with Gasteiger partial charge in [0.15, 0.2) is 0 Å². The Bertz CT molecular complexity index is 544. The van der Waals surface area contributed by atoms with Crippen LogP contribution in [0.2, 0.25) is 0 Å². The van der Waals surface area contributed by atoms with Crippen molar-refractivity contribution in [2.24, 2.45) is 17.3 Å². The first-order valence-electron chi connectivity index (χ1n) is 8.09. The highest BCUT2D eigenvalue weighted by Crippen LogP contribution is 2.60. The van der Waals surface area contributed by atoms with Gasteiger partial charge in [-0.1, -0.05) is 13.0 Å². The summed E-state index contributed by atoms with van der Waals surface area (Å²) in [4.78, 5) is 0.